The molecule has 0 atom stereocenters. The van der Waals surface area contributed by atoms with Gasteiger partial charge in [0.1, 0.15) is 0 Å². The summed E-state index contributed by atoms with van der Waals surface area (Å²) in [5.41, 5.74) is 0. The van der Waals surface area contributed by atoms with Crippen molar-refractivity contribution in [1.82, 2.24) is 0 Å². The van der Waals surface area contributed by atoms with Gasteiger partial charge in [0, 0.05) is 0 Å². The van der Waals surface area contributed by atoms with Crippen LogP contribution < -0.4 is 19.3 Å². The summed E-state index contributed by atoms with van der Waals surface area (Å²) < 4.78 is 25.2. The average Bonchev–Trinajstić information content (AvgIpc) is 2.69. The summed E-state index contributed by atoms with van der Waals surface area (Å²) >= 11 is 0. The molecule has 0 amide bonds. The van der Waals surface area contributed by atoms with Crippen LogP contribution in [0.4, 0.5) is 0 Å². The normalized spacial score (nSPS) is 11.0. The third kappa shape index (κ3) is 39.2. The number of halogens is 1. The molecule has 0 aromatic carbocycles. The van der Waals surface area contributed by atoms with Gasteiger partial charge in [-0.05, 0) is 25.7 Å². The van der Waals surface area contributed by atoms with E-state index in [1.54, 1.807) is 0 Å². The predicted molar refractivity (Wildman–Crippen MR) is 115 cm³/mol. The third-order valence-electron chi connectivity index (χ3n) is 5.52. The minimum Gasteiger partial charge on any atom is -0.357 e. The second-order valence-corrected chi connectivity index (χ2v) is 8.80. The highest BCUT2D eigenvalue weighted by molar-refractivity contribution is 4.48. The zero-order valence-corrected chi connectivity index (χ0v) is 20.5. The maximum atomic E-state index is 8.41. The van der Waals surface area contributed by atoms with Crippen molar-refractivity contribution < 1.29 is 30.1 Å². The number of hydrogen-bond acceptors (Lipinski definition) is 3. The van der Waals surface area contributed by atoms with Crippen molar-refractivity contribution in [1.29, 1.82) is 0 Å². The van der Waals surface area contributed by atoms with Gasteiger partial charge in [-0.15, -0.1) is 0 Å². The second kappa shape index (κ2) is 30.3. The van der Waals surface area contributed by atoms with Gasteiger partial charge in [-0.2, -0.15) is 0 Å². The van der Waals surface area contributed by atoms with Crippen molar-refractivity contribution in [3.8, 4) is 0 Å². The molecule has 0 aliphatic rings. The molecule has 0 radical (unpaired) electrons. The van der Waals surface area contributed by atoms with Crippen LogP contribution in [-0.4, -0.2) is 13.1 Å². The molecule has 0 rings (SSSR count). The minimum absolute atomic E-state index is 1.37. The Labute approximate surface area is 185 Å². The Morgan fingerprint density at radius 1 is 0.414 bits per heavy atom. The van der Waals surface area contributed by atoms with E-state index in [1.165, 1.54) is 142 Å². The van der Waals surface area contributed by atoms with Crippen LogP contribution in [0.3, 0.4) is 0 Å². The molecule has 0 saturated carbocycles. The van der Waals surface area contributed by atoms with Gasteiger partial charge in [0.25, 0.3) is 0 Å². The summed E-state index contributed by atoms with van der Waals surface area (Å²) in [6.07, 6.45) is 29.1. The summed E-state index contributed by atoms with van der Waals surface area (Å²) in [6.45, 7) is 7.34. The molecule has 2 N–H and O–H groups in total. The molecule has 0 unspecified atom stereocenters. The first kappa shape index (κ1) is 31.3. The van der Waals surface area contributed by atoms with Crippen molar-refractivity contribution in [2.24, 2.45) is 0 Å². The Hall–Kier alpha value is 0.130. The minimum atomic E-state index is -2.85. The van der Waals surface area contributed by atoms with Gasteiger partial charge in [-0.25, -0.2) is 0 Å². The Kier molecular flexibility index (Phi) is 32.7. The van der Waals surface area contributed by atoms with Crippen LogP contribution >= 0.6 is 0 Å². The number of nitrogens with two attached hydrogens (primary N) is 1. The molecule has 0 saturated heterocycles. The number of rotatable bonds is 22. The molecule has 0 aliphatic carbocycles. The highest BCUT2D eigenvalue weighted by Gasteiger charge is 1.96. The lowest BCUT2D eigenvalue weighted by Gasteiger charge is -2.04. The first-order chi connectivity index (χ1) is 14.1. The molecule has 0 aliphatic heterocycles. The molecule has 5 heteroatoms. The number of quaternary nitrogens is 1. The second-order valence-electron chi connectivity index (χ2n) is 8.42. The smallest absolute Gasteiger partial charge is 0.0755 e. The van der Waals surface area contributed by atoms with Gasteiger partial charge in [-0.3, -0.25) is 0 Å². The van der Waals surface area contributed by atoms with Gasteiger partial charge < -0.3 is 19.3 Å². The lowest BCUT2D eigenvalue weighted by atomic mass is 10.1. The van der Waals surface area contributed by atoms with E-state index in [2.05, 4.69) is 19.2 Å². The monoisotopic (exact) mass is 437 g/mol. The van der Waals surface area contributed by atoms with E-state index in [0.717, 1.165) is 0 Å². The van der Waals surface area contributed by atoms with Crippen LogP contribution in [0.1, 0.15) is 142 Å². The molecule has 4 nitrogen and oxygen atoms in total. The zero-order chi connectivity index (χ0) is 21.8. The average molecular weight is 438 g/mol. The Balaban J connectivity index is 0. The van der Waals surface area contributed by atoms with E-state index in [0.29, 0.717) is 0 Å². The zero-order valence-electron chi connectivity index (χ0n) is 19.7. The fraction of sp³-hybridized carbons (Fsp3) is 1.00. The molecule has 0 aromatic rings. The Morgan fingerprint density at radius 2 is 0.621 bits per heavy atom. The van der Waals surface area contributed by atoms with Crippen molar-refractivity contribution >= 4 is 0 Å². The fourth-order valence-corrected chi connectivity index (χ4v) is 3.70. The lowest BCUT2D eigenvalue weighted by molar-refractivity contribution is -1.73. The lowest BCUT2D eigenvalue weighted by Crippen LogP contribution is -2.84. The summed E-state index contributed by atoms with van der Waals surface area (Å²) in [7, 11) is -2.85. The van der Waals surface area contributed by atoms with Gasteiger partial charge in [0.05, 0.1) is 23.9 Å². The van der Waals surface area contributed by atoms with Crippen molar-refractivity contribution in [3.63, 3.8) is 0 Å². The highest BCUT2D eigenvalue weighted by atomic mass is 35.6. The Bertz CT molecular complexity index is 244. The largest absolute Gasteiger partial charge is 0.357 e. The van der Waals surface area contributed by atoms with Crippen LogP contribution in [0.2, 0.25) is 0 Å². The molecule has 0 spiro atoms. The van der Waals surface area contributed by atoms with E-state index in [-0.39, 0.29) is 0 Å². The number of unbranched alkanes of at least 4 members (excludes halogenated alkanes) is 18. The maximum absolute atomic E-state index is 8.41. The van der Waals surface area contributed by atoms with Crippen molar-refractivity contribution in [2.45, 2.75) is 142 Å². The van der Waals surface area contributed by atoms with Crippen LogP contribution in [-0.2, 0) is 0 Å². The van der Waals surface area contributed by atoms with E-state index >= 15 is 0 Å². The van der Waals surface area contributed by atoms with E-state index in [4.69, 9.17) is 14.0 Å². The molecule has 0 bridgehead atoms. The number of hydrogen-bond donors (Lipinski definition) is 1. The topological polar surface area (TPSA) is 85.8 Å². The third-order valence-corrected chi connectivity index (χ3v) is 5.52. The van der Waals surface area contributed by atoms with Crippen LogP contribution in [0.15, 0.2) is 0 Å². The van der Waals surface area contributed by atoms with Gasteiger partial charge in [-0.1, -0.05) is 117 Å². The van der Waals surface area contributed by atoms with Crippen LogP contribution in [0.25, 0.3) is 0 Å². The molecule has 0 fully saturated rings. The van der Waals surface area contributed by atoms with Crippen LogP contribution in [0.5, 0.6) is 0 Å². The van der Waals surface area contributed by atoms with Crippen molar-refractivity contribution in [3.05, 3.63) is 0 Å². The fourth-order valence-electron chi connectivity index (χ4n) is 3.70. The Morgan fingerprint density at radius 3 is 0.862 bits per heavy atom. The van der Waals surface area contributed by atoms with Crippen LogP contribution in [0, 0.1) is 10.8 Å². The maximum Gasteiger partial charge on any atom is 0.0755 e. The molecule has 0 heterocycles. The summed E-state index contributed by atoms with van der Waals surface area (Å²) in [6, 6.07) is 0. The first-order valence-electron chi connectivity index (χ1n) is 12.7. The summed E-state index contributed by atoms with van der Waals surface area (Å²) in [4.78, 5) is 0. The molecule has 178 valence electrons. The quantitative estimate of drug-likeness (QED) is 0.261. The molecular formula is C24H52ClNO3. The van der Waals surface area contributed by atoms with Crippen molar-refractivity contribution in [2.75, 3.05) is 13.1 Å². The standard InChI is InChI=1S/C24H51N.ClO3/c1-3-5-7-9-11-13-15-17-19-21-23-25-24-22-20-18-16-14-12-10-8-6-4-2;2-1(3)4/h25H,3-24H2,1-2H3;/q;-1/p+1. The van der Waals surface area contributed by atoms with E-state index in [1.807, 2.05) is 0 Å². The summed E-state index contributed by atoms with van der Waals surface area (Å²) in [5.74, 6) is 0. The van der Waals surface area contributed by atoms with E-state index < -0.39 is 10.8 Å². The molecule has 29 heavy (non-hydrogen) atoms. The molecular weight excluding hydrogens is 386 g/mol. The van der Waals surface area contributed by atoms with Gasteiger partial charge >= 0.3 is 0 Å². The molecule has 0 aromatic heterocycles. The van der Waals surface area contributed by atoms with E-state index in [9.17, 15) is 0 Å². The predicted octanol–water partition coefficient (Wildman–Crippen LogP) is 3.82. The SMILES string of the molecule is CCCCCCCCCCCC[NH2+]CCCCCCCCCCCC.[O-][Cl+2]([O-])[O-]. The summed E-state index contributed by atoms with van der Waals surface area (Å²) in [5, 5.41) is 2.56. The first-order valence-corrected chi connectivity index (χ1v) is 13.6. The highest BCUT2D eigenvalue weighted by Crippen LogP contribution is 2.11. The van der Waals surface area contributed by atoms with Gasteiger partial charge in [0.2, 0.25) is 0 Å². The van der Waals surface area contributed by atoms with Gasteiger partial charge in [0.15, 0.2) is 0 Å².